The highest BCUT2D eigenvalue weighted by atomic mass is 19.1. The van der Waals surface area contributed by atoms with E-state index in [2.05, 4.69) is 0 Å². The second-order valence-corrected chi connectivity index (χ2v) is 4.04. The summed E-state index contributed by atoms with van der Waals surface area (Å²) >= 11 is 0. The highest BCUT2D eigenvalue weighted by Crippen LogP contribution is 2.14. The number of halogens is 2. The van der Waals surface area contributed by atoms with Gasteiger partial charge in [-0.1, -0.05) is 0 Å². The Balaban J connectivity index is 2.97. The number of carbonyl (C=O) groups excluding carboxylic acids is 1. The SMILES string of the molecule is Cc1cc(C(=O)N[C@H](CC(=O)O)C(=O)O)c(F)cc1F. The molecular weight excluding hydrogens is 276 g/mol. The van der Waals surface area contributed by atoms with Gasteiger partial charge in [-0.3, -0.25) is 9.59 Å². The molecule has 8 heteroatoms. The monoisotopic (exact) mass is 287 g/mol. The lowest BCUT2D eigenvalue weighted by atomic mass is 10.1. The van der Waals surface area contributed by atoms with Crippen molar-refractivity contribution in [1.29, 1.82) is 0 Å². The molecule has 0 heterocycles. The van der Waals surface area contributed by atoms with Crippen LogP contribution >= 0.6 is 0 Å². The van der Waals surface area contributed by atoms with Crippen molar-refractivity contribution in [2.75, 3.05) is 0 Å². The quantitative estimate of drug-likeness (QED) is 0.747. The third kappa shape index (κ3) is 3.74. The van der Waals surface area contributed by atoms with Gasteiger partial charge in [-0.15, -0.1) is 0 Å². The number of amides is 1. The average Bonchev–Trinajstić information content (AvgIpc) is 2.32. The van der Waals surface area contributed by atoms with Crippen LogP contribution in [-0.4, -0.2) is 34.1 Å². The Kier molecular flexibility index (Phi) is 4.73. The zero-order valence-electron chi connectivity index (χ0n) is 10.3. The van der Waals surface area contributed by atoms with Gasteiger partial charge in [0, 0.05) is 6.07 Å². The second-order valence-electron chi connectivity index (χ2n) is 4.04. The molecule has 0 saturated heterocycles. The lowest BCUT2D eigenvalue weighted by molar-refractivity contribution is -0.145. The largest absolute Gasteiger partial charge is 0.481 e. The van der Waals surface area contributed by atoms with E-state index < -0.39 is 47.5 Å². The van der Waals surface area contributed by atoms with Gasteiger partial charge in [0.25, 0.3) is 5.91 Å². The molecule has 0 bridgehead atoms. The van der Waals surface area contributed by atoms with Crippen LogP contribution in [0, 0.1) is 18.6 Å². The fraction of sp³-hybridized carbons (Fsp3) is 0.250. The highest BCUT2D eigenvalue weighted by molar-refractivity contribution is 5.97. The molecule has 1 amide bonds. The first kappa shape index (κ1) is 15.5. The summed E-state index contributed by atoms with van der Waals surface area (Å²) in [6.07, 6.45) is -0.858. The Hall–Kier alpha value is -2.51. The summed E-state index contributed by atoms with van der Waals surface area (Å²) in [6, 6.07) is -0.290. The molecule has 1 aromatic rings. The predicted molar refractivity (Wildman–Crippen MR) is 62.2 cm³/mol. The number of aliphatic carboxylic acids is 2. The number of carboxylic acids is 2. The third-order valence-corrected chi connectivity index (χ3v) is 2.48. The fourth-order valence-corrected chi connectivity index (χ4v) is 1.44. The molecule has 0 aromatic heterocycles. The molecule has 1 rings (SSSR count). The van der Waals surface area contributed by atoms with Gasteiger partial charge in [0.1, 0.15) is 17.7 Å². The van der Waals surface area contributed by atoms with E-state index in [1.54, 1.807) is 0 Å². The highest BCUT2D eigenvalue weighted by Gasteiger charge is 2.25. The number of carbonyl (C=O) groups is 3. The molecule has 0 aliphatic carbocycles. The molecule has 0 fully saturated rings. The van der Waals surface area contributed by atoms with E-state index in [9.17, 15) is 23.2 Å². The Morgan fingerprint density at radius 2 is 1.80 bits per heavy atom. The first-order chi connectivity index (χ1) is 9.22. The van der Waals surface area contributed by atoms with Gasteiger partial charge < -0.3 is 15.5 Å². The number of hydrogen-bond donors (Lipinski definition) is 3. The maximum absolute atomic E-state index is 13.4. The zero-order chi connectivity index (χ0) is 15.4. The van der Waals surface area contributed by atoms with E-state index in [1.165, 1.54) is 6.92 Å². The van der Waals surface area contributed by atoms with Crippen LogP contribution < -0.4 is 5.32 Å². The molecule has 0 aliphatic rings. The van der Waals surface area contributed by atoms with Crippen LogP contribution in [0.4, 0.5) is 8.78 Å². The molecule has 0 unspecified atom stereocenters. The normalized spacial score (nSPS) is 11.8. The molecule has 20 heavy (non-hydrogen) atoms. The van der Waals surface area contributed by atoms with Crippen LogP contribution in [0.15, 0.2) is 12.1 Å². The van der Waals surface area contributed by atoms with Gasteiger partial charge in [0.15, 0.2) is 0 Å². The van der Waals surface area contributed by atoms with Crippen molar-refractivity contribution in [2.24, 2.45) is 0 Å². The molecule has 1 aromatic carbocycles. The Morgan fingerprint density at radius 1 is 1.20 bits per heavy atom. The van der Waals surface area contributed by atoms with Crippen molar-refractivity contribution in [3.63, 3.8) is 0 Å². The molecule has 1 atom stereocenters. The van der Waals surface area contributed by atoms with Crippen molar-refractivity contribution in [2.45, 2.75) is 19.4 Å². The number of hydrogen-bond acceptors (Lipinski definition) is 3. The van der Waals surface area contributed by atoms with Crippen LogP contribution in [0.5, 0.6) is 0 Å². The molecule has 6 nitrogen and oxygen atoms in total. The van der Waals surface area contributed by atoms with Crippen molar-refractivity contribution in [3.05, 3.63) is 34.9 Å². The van der Waals surface area contributed by atoms with Gasteiger partial charge >= 0.3 is 11.9 Å². The summed E-state index contributed by atoms with van der Waals surface area (Å²) in [4.78, 5) is 32.9. The van der Waals surface area contributed by atoms with Gasteiger partial charge in [-0.25, -0.2) is 13.6 Å². The van der Waals surface area contributed by atoms with Crippen LogP contribution in [0.2, 0.25) is 0 Å². The first-order valence-corrected chi connectivity index (χ1v) is 5.43. The Bertz CT molecular complexity index is 573. The lowest BCUT2D eigenvalue weighted by Crippen LogP contribution is -2.42. The molecular formula is C12H11F2NO5. The van der Waals surface area contributed by atoms with Gasteiger partial charge in [0.2, 0.25) is 0 Å². The number of carboxylic acid groups (broad SMARTS) is 2. The van der Waals surface area contributed by atoms with E-state index >= 15 is 0 Å². The molecule has 0 spiro atoms. The minimum absolute atomic E-state index is 0.00154. The van der Waals surface area contributed by atoms with Crippen LogP contribution in [0.25, 0.3) is 0 Å². The minimum Gasteiger partial charge on any atom is -0.481 e. The summed E-state index contributed by atoms with van der Waals surface area (Å²) < 4.78 is 26.5. The van der Waals surface area contributed by atoms with E-state index in [0.29, 0.717) is 6.07 Å². The van der Waals surface area contributed by atoms with Gasteiger partial charge in [-0.2, -0.15) is 0 Å². The van der Waals surface area contributed by atoms with E-state index in [0.717, 1.165) is 6.07 Å². The average molecular weight is 287 g/mol. The molecule has 0 saturated carbocycles. The van der Waals surface area contributed by atoms with E-state index in [1.807, 2.05) is 5.32 Å². The van der Waals surface area contributed by atoms with Gasteiger partial charge in [-0.05, 0) is 18.6 Å². The van der Waals surface area contributed by atoms with Crippen LogP contribution in [0.1, 0.15) is 22.3 Å². The van der Waals surface area contributed by atoms with Crippen LogP contribution in [-0.2, 0) is 9.59 Å². The van der Waals surface area contributed by atoms with Crippen molar-refractivity contribution >= 4 is 17.8 Å². The summed E-state index contributed by atoms with van der Waals surface area (Å²) in [5.74, 6) is -6.14. The Morgan fingerprint density at radius 3 is 2.30 bits per heavy atom. The summed E-state index contributed by atoms with van der Waals surface area (Å²) in [5, 5.41) is 19.1. The van der Waals surface area contributed by atoms with Crippen molar-refractivity contribution in [1.82, 2.24) is 5.32 Å². The number of rotatable bonds is 5. The molecule has 3 N–H and O–H groups in total. The molecule has 0 aliphatic heterocycles. The maximum Gasteiger partial charge on any atom is 0.326 e. The van der Waals surface area contributed by atoms with E-state index in [4.69, 9.17) is 10.2 Å². The summed E-state index contributed by atoms with van der Waals surface area (Å²) in [6.45, 7) is 1.30. The first-order valence-electron chi connectivity index (χ1n) is 5.43. The summed E-state index contributed by atoms with van der Waals surface area (Å²) in [7, 11) is 0. The molecule has 0 radical (unpaired) electrons. The number of aryl methyl sites for hydroxylation is 1. The van der Waals surface area contributed by atoms with E-state index in [-0.39, 0.29) is 5.56 Å². The van der Waals surface area contributed by atoms with Gasteiger partial charge in [0.05, 0.1) is 12.0 Å². The lowest BCUT2D eigenvalue weighted by Gasteiger charge is -2.13. The topological polar surface area (TPSA) is 104 Å². The van der Waals surface area contributed by atoms with Crippen molar-refractivity contribution < 1.29 is 33.4 Å². The summed E-state index contributed by atoms with van der Waals surface area (Å²) in [5.41, 5.74) is -0.554. The zero-order valence-corrected chi connectivity index (χ0v) is 10.3. The standard InChI is InChI=1S/C12H11F2NO5/c1-5-2-6(8(14)3-7(5)13)11(18)15-9(12(19)20)4-10(16)17/h2-3,9H,4H2,1H3,(H,15,18)(H,16,17)(H,19,20)/t9-/m1/s1. The number of benzene rings is 1. The smallest absolute Gasteiger partial charge is 0.326 e. The minimum atomic E-state index is -1.70. The number of nitrogens with one attached hydrogen (secondary N) is 1. The fourth-order valence-electron chi connectivity index (χ4n) is 1.44. The predicted octanol–water partition coefficient (Wildman–Crippen LogP) is 0.931. The Labute approximate surface area is 112 Å². The van der Waals surface area contributed by atoms with Crippen LogP contribution in [0.3, 0.4) is 0 Å². The molecule has 108 valence electrons. The van der Waals surface area contributed by atoms with Crippen molar-refractivity contribution in [3.8, 4) is 0 Å². The second kappa shape index (κ2) is 6.09. The third-order valence-electron chi connectivity index (χ3n) is 2.48. The maximum atomic E-state index is 13.4.